The van der Waals surface area contributed by atoms with Gasteiger partial charge in [0.2, 0.25) is 0 Å². The Balaban J connectivity index is 2.16. The van der Waals surface area contributed by atoms with E-state index in [1.807, 2.05) is 12.1 Å². The van der Waals surface area contributed by atoms with Crippen molar-refractivity contribution in [3.05, 3.63) is 57.9 Å². The summed E-state index contributed by atoms with van der Waals surface area (Å²) in [5.74, 6) is 1.24. The fraction of sp³-hybridized carbons (Fsp3) is 0.300. The minimum Gasteiger partial charge on any atom is -0.496 e. The molecule has 0 aliphatic rings. The Morgan fingerprint density at radius 1 is 1.23 bits per heavy atom. The average molecular weight is 387 g/mol. The van der Waals surface area contributed by atoms with Crippen LogP contribution in [0.1, 0.15) is 21.5 Å². The van der Waals surface area contributed by atoms with Gasteiger partial charge in [0.05, 0.1) is 22.9 Å². The lowest BCUT2D eigenvalue weighted by atomic mass is 10.1. The van der Waals surface area contributed by atoms with E-state index in [4.69, 9.17) is 4.74 Å². The second-order valence-electron chi connectivity index (χ2n) is 6.05. The Morgan fingerprint density at radius 2 is 1.96 bits per heavy atom. The summed E-state index contributed by atoms with van der Waals surface area (Å²) >= 11 is 3.34. The topological polar surface area (TPSA) is 43.6 Å². The zero-order valence-corrected chi connectivity index (χ0v) is 17.0. The molecule has 2 aromatic carbocycles. The van der Waals surface area contributed by atoms with Crippen LogP contribution in [0.5, 0.6) is 5.75 Å². The van der Waals surface area contributed by atoms with Crippen LogP contribution in [-0.2, 0) is 6.54 Å². The van der Waals surface area contributed by atoms with Gasteiger partial charge in [0.15, 0.2) is 4.80 Å². The van der Waals surface area contributed by atoms with E-state index in [0.717, 1.165) is 27.3 Å². The number of fused-ring (bicyclic) bond motifs is 1. The standard InChI is InChI=1S/C20H22N2O2S2/c1-13-11-16-18(12-14(13)2)26-20(22(16)9-10-25-4)21-19(23)15-7-5-6-8-17(15)24-3/h5-8,11-12H,9-10H2,1-4H3. The zero-order chi connectivity index (χ0) is 18.7. The number of amides is 1. The summed E-state index contributed by atoms with van der Waals surface area (Å²) < 4.78 is 8.60. The molecule has 4 nitrogen and oxygen atoms in total. The van der Waals surface area contributed by atoms with Crippen molar-refractivity contribution >= 4 is 39.2 Å². The van der Waals surface area contributed by atoms with E-state index >= 15 is 0 Å². The SMILES string of the molecule is COc1ccccc1C(=O)N=c1sc2cc(C)c(C)cc2n1CCSC. The van der Waals surface area contributed by atoms with Crippen molar-refractivity contribution in [2.45, 2.75) is 20.4 Å². The van der Waals surface area contributed by atoms with Gasteiger partial charge in [-0.3, -0.25) is 4.79 Å². The van der Waals surface area contributed by atoms with Gasteiger partial charge in [0.1, 0.15) is 5.75 Å². The number of aromatic nitrogens is 1. The van der Waals surface area contributed by atoms with Gasteiger partial charge in [-0.2, -0.15) is 16.8 Å². The average Bonchev–Trinajstić information content (AvgIpc) is 2.96. The second-order valence-corrected chi connectivity index (χ2v) is 8.05. The molecule has 1 heterocycles. The van der Waals surface area contributed by atoms with Gasteiger partial charge >= 0.3 is 0 Å². The van der Waals surface area contributed by atoms with E-state index in [0.29, 0.717) is 11.3 Å². The third-order valence-electron chi connectivity index (χ3n) is 4.35. The summed E-state index contributed by atoms with van der Waals surface area (Å²) in [4.78, 5) is 17.9. The number of nitrogens with zero attached hydrogens (tertiary/aromatic N) is 2. The van der Waals surface area contributed by atoms with Crippen LogP contribution in [0.15, 0.2) is 41.4 Å². The third kappa shape index (κ3) is 3.71. The Labute approximate surface area is 161 Å². The third-order valence-corrected chi connectivity index (χ3v) is 5.98. The molecule has 0 N–H and O–H groups in total. The van der Waals surface area contributed by atoms with E-state index in [1.165, 1.54) is 11.1 Å². The number of methoxy groups -OCH3 is 1. The van der Waals surface area contributed by atoms with Crippen LogP contribution in [0.4, 0.5) is 0 Å². The molecular weight excluding hydrogens is 364 g/mol. The summed E-state index contributed by atoms with van der Waals surface area (Å²) in [6, 6.07) is 11.6. The summed E-state index contributed by atoms with van der Waals surface area (Å²) in [6.07, 6.45) is 2.08. The number of rotatable bonds is 5. The first-order valence-corrected chi connectivity index (χ1v) is 10.6. The lowest BCUT2D eigenvalue weighted by Gasteiger charge is -2.06. The van der Waals surface area contributed by atoms with Crippen LogP contribution in [0, 0.1) is 13.8 Å². The van der Waals surface area contributed by atoms with Crippen molar-refractivity contribution < 1.29 is 9.53 Å². The van der Waals surface area contributed by atoms with Gasteiger partial charge in [0, 0.05) is 12.3 Å². The highest BCUT2D eigenvalue weighted by atomic mass is 32.2. The lowest BCUT2D eigenvalue weighted by Crippen LogP contribution is -2.18. The molecule has 0 aliphatic heterocycles. The predicted molar refractivity (Wildman–Crippen MR) is 111 cm³/mol. The summed E-state index contributed by atoms with van der Waals surface area (Å²) in [5.41, 5.74) is 4.11. The monoisotopic (exact) mass is 386 g/mol. The Hall–Kier alpha value is -2.05. The molecule has 1 amide bonds. The van der Waals surface area contributed by atoms with Crippen LogP contribution in [0.2, 0.25) is 0 Å². The van der Waals surface area contributed by atoms with E-state index in [1.54, 1.807) is 42.3 Å². The van der Waals surface area contributed by atoms with Gasteiger partial charge in [0.25, 0.3) is 5.91 Å². The van der Waals surface area contributed by atoms with Crippen molar-refractivity contribution in [1.82, 2.24) is 4.57 Å². The number of carbonyl (C=O) groups is 1. The molecule has 3 rings (SSSR count). The molecule has 0 fully saturated rings. The number of carbonyl (C=O) groups excluding carboxylic acids is 1. The van der Waals surface area contributed by atoms with Crippen molar-refractivity contribution in [1.29, 1.82) is 0 Å². The largest absolute Gasteiger partial charge is 0.496 e. The van der Waals surface area contributed by atoms with E-state index in [2.05, 4.69) is 41.8 Å². The van der Waals surface area contributed by atoms with Gasteiger partial charge < -0.3 is 9.30 Å². The van der Waals surface area contributed by atoms with Gasteiger partial charge in [-0.05, 0) is 55.5 Å². The number of benzene rings is 2. The number of para-hydroxylation sites is 1. The van der Waals surface area contributed by atoms with Crippen LogP contribution in [0.3, 0.4) is 0 Å². The molecule has 0 atom stereocenters. The first-order valence-electron chi connectivity index (χ1n) is 8.36. The Morgan fingerprint density at radius 3 is 2.69 bits per heavy atom. The number of thioether (sulfide) groups is 1. The van der Waals surface area contributed by atoms with Gasteiger partial charge in [-0.15, -0.1) is 0 Å². The molecule has 1 aromatic heterocycles. The fourth-order valence-electron chi connectivity index (χ4n) is 2.77. The van der Waals surface area contributed by atoms with Crippen molar-refractivity contribution in [2.24, 2.45) is 4.99 Å². The normalized spacial score (nSPS) is 11.9. The molecule has 0 saturated carbocycles. The maximum Gasteiger partial charge on any atom is 0.283 e. The number of aryl methyl sites for hydroxylation is 3. The molecule has 0 bridgehead atoms. The fourth-order valence-corrected chi connectivity index (χ4v) is 4.27. The number of hydrogen-bond donors (Lipinski definition) is 0. The number of ether oxygens (including phenoxy) is 1. The summed E-state index contributed by atoms with van der Waals surface area (Å²) in [5, 5.41) is 0. The number of thiazole rings is 1. The van der Waals surface area contributed by atoms with Crippen molar-refractivity contribution in [2.75, 3.05) is 19.1 Å². The molecule has 0 radical (unpaired) electrons. The van der Waals surface area contributed by atoms with Crippen LogP contribution < -0.4 is 9.54 Å². The molecule has 0 spiro atoms. The Bertz CT molecular complexity index is 1020. The zero-order valence-electron chi connectivity index (χ0n) is 15.4. The van der Waals surface area contributed by atoms with Crippen molar-refractivity contribution in [3.8, 4) is 5.75 Å². The minimum absolute atomic E-state index is 0.277. The van der Waals surface area contributed by atoms with E-state index < -0.39 is 0 Å². The first kappa shape index (κ1) is 18.7. The van der Waals surface area contributed by atoms with Crippen molar-refractivity contribution in [3.63, 3.8) is 0 Å². The van der Waals surface area contributed by atoms with Gasteiger partial charge in [-0.1, -0.05) is 23.5 Å². The molecule has 6 heteroatoms. The molecule has 26 heavy (non-hydrogen) atoms. The smallest absolute Gasteiger partial charge is 0.283 e. The number of hydrogen-bond acceptors (Lipinski definition) is 4. The van der Waals surface area contributed by atoms with E-state index in [9.17, 15) is 4.79 Å². The molecule has 3 aromatic rings. The van der Waals surface area contributed by atoms with Crippen LogP contribution in [-0.4, -0.2) is 29.6 Å². The molecule has 0 aliphatic carbocycles. The van der Waals surface area contributed by atoms with Crippen LogP contribution >= 0.6 is 23.1 Å². The molecule has 136 valence electrons. The van der Waals surface area contributed by atoms with E-state index in [-0.39, 0.29) is 5.91 Å². The highest BCUT2D eigenvalue weighted by Gasteiger charge is 2.13. The maximum atomic E-state index is 12.8. The van der Waals surface area contributed by atoms with Gasteiger partial charge in [-0.25, -0.2) is 0 Å². The Kier molecular flexibility index (Phi) is 5.84. The molecule has 0 saturated heterocycles. The first-order chi connectivity index (χ1) is 12.5. The van der Waals surface area contributed by atoms with Crippen LogP contribution in [0.25, 0.3) is 10.2 Å². The molecular formula is C20H22N2O2S2. The quantitative estimate of drug-likeness (QED) is 0.651. The molecule has 0 unspecified atom stereocenters. The summed E-state index contributed by atoms with van der Waals surface area (Å²) in [7, 11) is 1.57. The maximum absolute atomic E-state index is 12.8. The minimum atomic E-state index is -0.277. The summed E-state index contributed by atoms with van der Waals surface area (Å²) in [6.45, 7) is 5.04. The predicted octanol–water partition coefficient (Wildman–Crippen LogP) is 4.43. The lowest BCUT2D eigenvalue weighted by molar-refractivity contribution is 0.0995. The highest BCUT2D eigenvalue weighted by molar-refractivity contribution is 7.98. The second kappa shape index (κ2) is 8.10. The highest BCUT2D eigenvalue weighted by Crippen LogP contribution is 2.23.